The number of nitrogens with zero attached hydrogens (tertiary/aromatic N) is 3. The van der Waals surface area contributed by atoms with Crippen molar-refractivity contribution in [2.45, 2.75) is 19.3 Å². The SMILES string of the molecule is Bc1ccc2nc(NCCN3CCCCC3)ncc2c1. The van der Waals surface area contributed by atoms with Gasteiger partial charge in [-0.1, -0.05) is 24.0 Å². The molecule has 20 heavy (non-hydrogen) atoms. The van der Waals surface area contributed by atoms with Gasteiger partial charge in [0.25, 0.3) is 0 Å². The summed E-state index contributed by atoms with van der Waals surface area (Å²) in [6, 6.07) is 6.27. The number of fused-ring (bicyclic) bond motifs is 1. The normalized spacial score (nSPS) is 16.4. The molecule has 5 heteroatoms. The lowest BCUT2D eigenvalue weighted by Gasteiger charge is -2.26. The minimum atomic E-state index is 0.735. The molecule has 0 radical (unpaired) electrons. The molecule has 104 valence electrons. The molecule has 2 heterocycles. The molecule has 1 aliphatic heterocycles. The van der Waals surface area contributed by atoms with Crippen LogP contribution in [0, 0.1) is 0 Å². The van der Waals surface area contributed by atoms with Gasteiger partial charge in [0.2, 0.25) is 5.95 Å². The molecular weight excluding hydrogens is 247 g/mol. The molecule has 1 aliphatic rings. The molecule has 0 spiro atoms. The smallest absolute Gasteiger partial charge is 0.223 e. The molecule has 1 aromatic carbocycles. The van der Waals surface area contributed by atoms with Gasteiger partial charge >= 0.3 is 0 Å². The Morgan fingerprint density at radius 1 is 1.20 bits per heavy atom. The quantitative estimate of drug-likeness (QED) is 0.832. The molecule has 1 aromatic heterocycles. The highest BCUT2D eigenvalue weighted by Gasteiger charge is 2.09. The Hall–Kier alpha value is -1.62. The Morgan fingerprint density at radius 2 is 2.05 bits per heavy atom. The van der Waals surface area contributed by atoms with Crippen molar-refractivity contribution in [3.05, 3.63) is 24.4 Å². The molecule has 0 bridgehead atoms. The van der Waals surface area contributed by atoms with E-state index in [9.17, 15) is 0 Å². The fourth-order valence-corrected chi connectivity index (χ4v) is 2.75. The summed E-state index contributed by atoms with van der Waals surface area (Å²) >= 11 is 0. The molecule has 0 amide bonds. The van der Waals surface area contributed by atoms with Crippen molar-refractivity contribution in [2.75, 3.05) is 31.5 Å². The summed E-state index contributed by atoms with van der Waals surface area (Å²) < 4.78 is 0. The Bertz CT molecular complexity index is 581. The maximum Gasteiger partial charge on any atom is 0.223 e. The van der Waals surface area contributed by atoms with Crippen molar-refractivity contribution < 1.29 is 0 Å². The number of hydrogen-bond donors (Lipinski definition) is 1. The molecule has 1 N–H and O–H groups in total. The summed E-state index contributed by atoms with van der Waals surface area (Å²) in [7, 11) is 2.09. The predicted molar refractivity (Wildman–Crippen MR) is 86.5 cm³/mol. The van der Waals surface area contributed by atoms with Crippen LogP contribution in [-0.2, 0) is 0 Å². The lowest BCUT2D eigenvalue weighted by molar-refractivity contribution is 0.237. The minimum absolute atomic E-state index is 0.735. The van der Waals surface area contributed by atoms with Gasteiger partial charge in [0.1, 0.15) is 7.85 Å². The first-order chi connectivity index (χ1) is 9.81. The molecule has 4 nitrogen and oxygen atoms in total. The Morgan fingerprint density at radius 3 is 2.90 bits per heavy atom. The second kappa shape index (κ2) is 6.22. The zero-order chi connectivity index (χ0) is 13.8. The van der Waals surface area contributed by atoms with Gasteiger partial charge in [-0.2, -0.15) is 0 Å². The summed E-state index contributed by atoms with van der Waals surface area (Å²) in [6.07, 6.45) is 5.97. The maximum absolute atomic E-state index is 4.56. The van der Waals surface area contributed by atoms with Crippen molar-refractivity contribution in [1.29, 1.82) is 0 Å². The highest BCUT2D eigenvalue weighted by atomic mass is 15.2. The zero-order valence-corrected chi connectivity index (χ0v) is 12.1. The average Bonchev–Trinajstić information content (AvgIpc) is 2.48. The Kier molecular flexibility index (Phi) is 4.16. The number of anilines is 1. The summed E-state index contributed by atoms with van der Waals surface area (Å²) in [5, 5.41) is 4.44. The fourth-order valence-electron chi connectivity index (χ4n) is 2.75. The van der Waals surface area contributed by atoms with E-state index in [0.29, 0.717) is 0 Å². The van der Waals surface area contributed by atoms with E-state index in [1.165, 1.54) is 37.8 Å². The number of benzene rings is 1. The third-order valence-electron chi connectivity index (χ3n) is 3.90. The molecule has 3 rings (SSSR count). The van der Waals surface area contributed by atoms with Gasteiger partial charge in [-0.15, -0.1) is 0 Å². The first-order valence-corrected chi connectivity index (χ1v) is 7.51. The van der Waals surface area contributed by atoms with E-state index in [1.807, 2.05) is 6.20 Å². The first kappa shape index (κ1) is 13.4. The summed E-state index contributed by atoms with van der Waals surface area (Å²) in [5.41, 5.74) is 2.25. The third-order valence-corrected chi connectivity index (χ3v) is 3.90. The van der Waals surface area contributed by atoms with Crippen molar-refractivity contribution >= 4 is 30.2 Å². The predicted octanol–water partition coefficient (Wildman–Crippen LogP) is 0.786. The van der Waals surface area contributed by atoms with Crippen LogP contribution in [-0.4, -0.2) is 48.9 Å². The number of nitrogens with one attached hydrogen (secondary N) is 1. The molecule has 0 aliphatic carbocycles. The van der Waals surface area contributed by atoms with Crippen LogP contribution in [0.15, 0.2) is 24.4 Å². The largest absolute Gasteiger partial charge is 0.353 e. The number of rotatable bonds is 4. The van der Waals surface area contributed by atoms with Crippen LogP contribution in [0.4, 0.5) is 5.95 Å². The van der Waals surface area contributed by atoms with E-state index in [-0.39, 0.29) is 0 Å². The van der Waals surface area contributed by atoms with Gasteiger partial charge in [0.05, 0.1) is 5.52 Å². The van der Waals surface area contributed by atoms with Gasteiger partial charge < -0.3 is 10.2 Å². The van der Waals surface area contributed by atoms with Crippen molar-refractivity contribution in [2.24, 2.45) is 0 Å². The van der Waals surface area contributed by atoms with Gasteiger partial charge in [0.15, 0.2) is 0 Å². The highest BCUT2D eigenvalue weighted by Crippen LogP contribution is 2.11. The topological polar surface area (TPSA) is 41.1 Å². The minimum Gasteiger partial charge on any atom is -0.353 e. The Labute approximate surface area is 121 Å². The summed E-state index contributed by atoms with van der Waals surface area (Å²) in [6.45, 7) is 4.46. The zero-order valence-electron chi connectivity index (χ0n) is 12.1. The van der Waals surface area contributed by atoms with E-state index < -0.39 is 0 Å². The average molecular weight is 268 g/mol. The van der Waals surface area contributed by atoms with Crippen LogP contribution in [0.5, 0.6) is 0 Å². The second-order valence-corrected chi connectivity index (χ2v) is 5.58. The van der Waals surface area contributed by atoms with Crippen LogP contribution in [0.2, 0.25) is 0 Å². The molecule has 0 saturated carbocycles. The number of hydrogen-bond acceptors (Lipinski definition) is 4. The van der Waals surface area contributed by atoms with E-state index in [2.05, 4.69) is 46.2 Å². The van der Waals surface area contributed by atoms with E-state index in [1.54, 1.807) is 0 Å². The van der Waals surface area contributed by atoms with E-state index >= 15 is 0 Å². The van der Waals surface area contributed by atoms with Gasteiger partial charge in [-0.3, -0.25) is 0 Å². The molecule has 0 atom stereocenters. The third kappa shape index (κ3) is 3.28. The Balaban J connectivity index is 1.58. The lowest BCUT2D eigenvalue weighted by Crippen LogP contribution is -2.33. The second-order valence-electron chi connectivity index (χ2n) is 5.58. The van der Waals surface area contributed by atoms with Crippen LogP contribution < -0.4 is 10.8 Å². The molecule has 1 saturated heterocycles. The molecular formula is C15H21BN4. The molecule has 1 fully saturated rings. The first-order valence-electron chi connectivity index (χ1n) is 7.51. The van der Waals surface area contributed by atoms with Crippen LogP contribution >= 0.6 is 0 Å². The number of aromatic nitrogens is 2. The van der Waals surface area contributed by atoms with Crippen molar-refractivity contribution in [3.63, 3.8) is 0 Å². The monoisotopic (exact) mass is 268 g/mol. The van der Waals surface area contributed by atoms with E-state index in [4.69, 9.17) is 0 Å². The molecule has 2 aromatic rings. The molecule has 0 unspecified atom stereocenters. The van der Waals surface area contributed by atoms with Crippen LogP contribution in [0.3, 0.4) is 0 Å². The van der Waals surface area contributed by atoms with E-state index in [0.717, 1.165) is 29.9 Å². The van der Waals surface area contributed by atoms with Gasteiger partial charge in [-0.05, 0) is 32.0 Å². The lowest BCUT2D eigenvalue weighted by atomic mass is 9.95. The maximum atomic E-state index is 4.56. The summed E-state index contributed by atoms with van der Waals surface area (Å²) in [5.74, 6) is 0.735. The fraction of sp³-hybridized carbons (Fsp3) is 0.467. The van der Waals surface area contributed by atoms with Gasteiger partial charge in [0, 0.05) is 24.7 Å². The standard InChI is InChI=1S/C15H21BN4/c16-13-4-5-14-12(10-13)11-18-15(19-14)17-6-9-20-7-2-1-3-8-20/h4-5,10-11H,1-3,6-9,16H2,(H,17,18,19). The summed E-state index contributed by atoms with van der Waals surface area (Å²) in [4.78, 5) is 11.5. The van der Waals surface area contributed by atoms with Crippen molar-refractivity contribution in [3.8, 4) is 0 Å². The number of piperidine rings is 1. The van der Waals surface area contributed by atoms with Crippen molar-refractivity contribution in [1.82, 2.24) is 14.9 Å². The van der Waals surface area contributed by atoms with Crippen LogP contribution in [0.1, 0.15) is 19.3 Å². The highest BCUT2D eigenvalue weighted by molar-refractivity contribution is 6.33. The number of likely N-dealkylation sites (tertiary alicyclic amines) is 1. The van der Waals surface area contributed by atoms with Gasteiger partial charge in [-0.25, -0.2) is 9.97 Å². The van der Waals surface area contributed by atoms with Crippen LogP contribution in [0.25, 0.3) is 10.9 Å².